The monoisotopic (exact) mass is 329 g/mol. The van der Waals surface area contributed by atoms with E-state index in [9.17, 15) is 9.90 Å². The van der Waals surface area contributed by atoms with E-state index in [2.05, 4.69) is 0 Å². The fourth-order valence-corrected chi connectivity index (χ4v) is 3.01. The SMILES string of the molecule is COc1ccc2c(c1)c(CC(=O)O)c(C)n2-c1ccc(Cl)cc1. The third-order valence-electron chi connectivity index (χ3n) is 3.95. The minimum atomic E-state index is -0.855. The van der Waals surface area contributed by atoms with E-state index in [0.29, 0.717) is 10.8 Å². The van der Waals surface area contributed by atoms with Gasteiger partial charge in [-0.15, -0.1) is 0 Å². The van der Waals surface area contributed by atoms with Crippen molar-refractivity contribution >= 4 is 28.5 Å². The van der Waals surface area contributed by atoms with Crippen LogP contribution in [0.5, 0.6) is 5.75 Å². The van der Waals surface area contributed by atoms with E-state index < -0.39 is 5.97 Å². The van der Waals surface area contributed by atoms with E-state index in [-0.39, 0.29) is 6.42 Å². The first kappa shape index (κ1) is 15.4. The van der Waals surface area contributed by atoms with Crippen LogP contribution in [0.3, 0.4) is 0 Å². The van der Waals surface area contributed by atoms with Crippen LogP contribution in [0.25, 0.3) is 16.6 Å². The molecule has 0 bridgehead atoms. The molecular formula is C18H16ClNO3. The number of carbonyl (C=O) groups is 1. The molecule has 118 valence electrons. The van der Waals surface area contributed by atoms with Crippen molar-refractivity contribution < 1.29 is 14.6 Å². The highest BCUT2D eigenvalue weighted by atomic mass is 35.5. The molecule has 0 amide bonds. The molecule has 0 saturated carbocycles. The van der Waals surface area contributed by atoms with Gasteiger partial charge in [-0.1, -0.05) is 11.6 Å². The van der Waals surface area contributed by atoms with Gasteiger partial charge in [-0.05, 0) is 55.0 Å². The molecule has 3 aromatic rings. The number of fused-ring (bicyclic) bond motifs is 1. The van der Waals surface area contributed by atoms with Crippen LogP contribution in [-0.4, -0.2) is 22.8 Å². The topological polar surface area (TPSA) is 51.5 Å². The number of rotatable bonds is 4. The highest BCUT2D eigenvalue weighted by Crippen LogP contribution is 2.32. The van der Waals surface area contributed by atoms with E-state index in [0.717, 1.165) is 27.8 Å². The minimum absolute atomic E-state index is 0.0317. The lowest BCUT2D eigenvalue weighted by Gasteiger charge is -2.09. The zero-order chi connectivity index (χ0) is 16.6. The molecule has 3 rings (SSSR count). The number of hydrogen-bond acceptors (Lipinski definition) is 2. The van der Waals surface area contributed by atoms with Crippen molar-refractivity contribution in [2.24, 2.45) is 0 Å². The molecule has 0 unspecified atom stereocenters. The predicted octanol–water partition coefficient (Wildman–Crippen LogP) is 4.23. The van der Waals surface area contributed by atoms with Crippen LogP contribution in [-0.2, 0) is 11.2 Å². The molecule has 5 heteroatoms. The van der Waals surface area contributed by atoms with Gasteiger partial charge in [-0.3, -0.25) is 4.79 Å². The Labute approximate surface area is 138 Å². The molecule has 1 aromatic heterocycles. The summed E-state index contributed by atoms with van der Waals surface area (Å²) in [7, 11) is 1.60. The smallest absolute Gasteiger partial charge is 0.307 e. The van der Waals surface area contributed by atoms with Gasteiger partial charge in [0.15, 0.2) is 0 Å². The van der Waals surface area contributed by atoms with Gasteiger partial charge in [0.1, 0.15) is 5.75 Å². The highest BCUT2D eigenvalue weighted by Gasteiger charge is 2.18. The van der Waals surface area contributed by atoms with Gasteiger partial charge in [0.2, 0.25) is 0 Å². The summed E-state index contributed by atoms with van der Waals surface area (Å²) < 4.78 is 7.32. The Hall–Kier alpha value is -2.46. The fraction of sp³-hybridized carbons (Fsp3) is 0.167. The Morgan fingerprint density at radius 2 is 1.91 bits per heavy atom. The lowest BCUT2D eigenvalue weighted by molar-refractivity contribution is -0.136. The Balaban J connectivity index is 2.30. The van der Waals surface area contributed by atoms with Crippen molar-refractivity contribution in [1.29, 1.82) is 0 Å². The fourth-order valence-electron chi connectivity index (χ4n) is 2.89. The van der Waals surface area contributed by atoms with E-state index >= 15 is 0 Å². The Morgan fingerprint density at radius 1 is 1.22 bits per heavy atom. The summed E-state index contributed by atoms with van der Waals surface area (Å²) in [5.74, 6) is -0.150. The highest BCUT2D eigenvalue weighted by molar-refractivity contribution is 6.30. The molecule has 0 saturated heterocycles. The zero-order valence-corrected chi connectivity index (χ0v) is 13.6. The Bertz CT molecular complexity index is 881. The van der Waals surface area contributed by atoms with Gasteiger partial charge in [-0.2, -0.15) is 0 Å². The lowest BCUT2D eigenvalue weighted by Crippen LogP contribution is -2.02. The van der Waals surface area contributed by atoms with Gasteiger partial charge in [0.25, 0.3) is 0 Å². The van der Waals surface area contributed by atoms with Crippen LogP contribution in [0.15, 0.2) is 42.5 Å². The van der Waals surface area contributed by atoms with E-state index in [4.69, 9.17) is 16.3 Å². The van der Waals surface area contributed by atoms with Gasteiger partial charge in [0.05, 0.1) is 19.0 Å². The van der Waals surface area contributed by atoms with E-state index in [1.165, 1.54) is 0 Å². The number of halogens is 1. The molecule has 0 radical (unpaired) electrons. The molecule has 0 aliphatic rings. The number of carboxylic acids is 1. The number of ether oxygens (including phenoxy) is 1. The maximum Gasteiger partial charge on any atom is 0.307 e. The van der Waals surface area contributed by atoms with Crippen molar-refractivity contribution in [3.63, 3.8) is 0 Å². The average Bonchev–Trinajstić information content (AvgIpc) is 2.80. The molecule has 1 N–H and O–H groups in total. The summed E-state index contributed by atoms with van der Waals surface area (Å²) in [6, 6.07) is 13.2. The van der Waals surface area contributed by atoms with E-state index in [1.807, 2.05) is 54.0 Å². The van der Waals surface area contributed by atoms with Crippen LogP contribution in [0.4, 0.5) is 0 Å². The molecule has 0 aliphatic heterocycles. The lowest BCUT2D eigenvalue weighted by atomic mass is 10.1. The summed E-state index contributed by atoms with van der Waals surface area (Å²) in [5, 5.41) is 10.8. The maximum atomic E-state index is 11.3. The van der Waals surface area contributed by atoms with Crippen molar-refractivity contribution in [2.45, 2.75) is 13.3 Å². The average molecular weight is 330 g/mol. The second-order valence-corrected chi connectivity index (χ2v) is 5.77. The number of carboxylic acid groups (broad SMARTS) is 1. The second-order valence-electron chi connectivity index (χ2n) is 5.33. The minimum Gasteiger partial charge on any atom is -0.497 e. The molecule has 0 atom stereocenters. The van der Waals surface area contributed by atoms with Gasteiger partial charge in [-0.25, -0.2) is 0 Å². The standard InChI is InChI=1S/C18H16ClNO3/c1-11-15(10-18(21)22)16-9-14(23-2)7-8-17(16)20(11)13-5-3-12(19)4-6-13/h3-9H,10H2,1-2H3,(H,21,22). The summed E-state index contributed by atoms with van der Waals surface area (Å²) in [4.78, 5) is 11.3. The first-order valence-corrected chi connectivity index (χ1v) is 7.54. The van der Waals surface area contributed by atoms with E-state index in [1.54, 1.807) is 7.11 Å². The molecule has 23 heavy (non-hydrogen) atoms. The molecule has 0 fully saturated rings. The van der Waals surface area contributed by atoms with Crippen molar-refractivity contribution in [1.82, 2.24) is 4.57 Å². The molecule has 1 heterocycles. The third kappa shape index (κ3) is 2.78. The molecule has 0 spiro atoms. The van der Waals surface area contributed by atoms with Crippen LogP contribution in [0.2, 0.25) is 5.02 Å². The Kier molecular flexibility index (Phi) is 4.01. The normalized spacial score (nSPS) is 10.9. The number of aromatic nitrogens is 1. The number of benzene rings is 2. The van der Waals surface area contributed by atoms with Crippen LogP contribution >= 0.6 is 11.6 Å². The van der Waals surface area contributed by atoms with Gasteiger partial charge in [0, 0.05) is 21.8 Å². The van der Waals surface area contributed by atoms with Gasteiger partial charge >= 0.3 is 5.97 Å². The second kappa shape index (κ2) is 5.97. The number of methoxy groups -OCH3 is 1. The maximum absolute atomic E-state index is 11.3. The van der Waals surface area contributed by atoms with Crippen molar-refractivity contribution in [2.75, 3.05) is 7.11 Å². The molecule has 0 aliphatic carbocycles. The summed E-state index contributed by atoms with van der Waals surface area (Å²) >= 11 is 5.97. The van der Waals surface area contributed by atoms with Gasteiger partial charge < -0.3 is 14.4 Å². The third-order valence-corrected chi connectivity index (χ3v) is 4.21. The predicted molar refractivity (Wildman–Crippen MR) is 90.9 cm³/mol. The van der Waals surface area contributed by atoms with Crippen LogP contribution in [0.1, 0.15) is 11.3 Å². The van der Waals surface area contributed by atoms with Crippen LogP contribution in [0, 0.1) is 6.92 Å². The first-order valence-electron chi connectivity index (χ1n) is 7.17. The number of aliphatic carboxylic acids is 1. The quantitative estimate of drug-likeness (QED) is 0.779. The molecule has 4 nitrogen and oxygen atoms in total. The summed E-state index contributed by atoms with van der Waals surface area (Å²) in [6.45, 7) is 1.93. The summed E-state index contributed by atoms with van der Waals surface area (Å²) in [6.07, 6.45) is -0.0317. The number of hydrogen-bond donors (Lipinski definition) is 1. The summed E-state index contributed by atoms with van der Waals surface area (Å²) in [5.41, 5.74) is 3.58. The largest absolute Gasteiger partial charge is 0.497 e. The number of nitrogens with zero attached hydrogens (tertiary/aromatic N) is 1. The zero-order valence-electron chi connectivity index (χ0n) is 12.8. The Morgan fingerprint density at radius 3 is 2.52 bits per heavy atom. The van der Waals surface area contributed by atoms with Crippen molar-refractivity contribution in [3.8, 4) is 11.4 Å². The first-order chi connectivity index (χ1) is 11.0. The molecule has 2 aromatic carbocycles. The van der Waals surface area contributed by atoms with Crippen LogP contribution < -0.4 is 4.74 Å². The molecular weight excluding hydrogens is 314 g/mol. The van der Waals surface area contributed by atoms with Crippen molar-refractivity contribution in [3.05, 3.63) is 58.7 Å².